The van der Waals surface area contributed by atoms with Gasteiger partial charge in [0.25, 0.3) is 5.91 Å². The van der Waals surface area contributed by atoms with E-state index in [1.54, 1.807) is 27.8 Å². The molecule has 2 aromatic rings. The van der Waals surface area contributed by atoms with E-state index in [9.17, 15) is 22.0 Å². The van der Waals surface area contributed by atoms with Gasteiger partial charge in [0.15, 0.2) is 11.6 Å². The van der Waals surface area contributed by atoms with Crippen molar-refractivity contribution in [2.75, 3.05) is 14.1 Å². The fourth-order valence-corrected chi connectivity index (χ4v) is 3.96. The molecule has 1 atom stereocenters. The molecule has 0 N–H and O–H groups in total. The van der Waals surface area contributed by atoms with Crippen molar-refractivity contribution < 1.29 is 22.0 Å². The molecule has 0 fully saturated rings. The third-order valence-corrected chi connectivity index (χ3v) is 6.88. The molecule has 0 bridgehead atoms. The minimum Gasteiger partial charge on any atom is -0.335 e. The number of benzene rings is 2. The Labute approximate surface area is 164 Å². The standard InChI is InChI=1S/C20H24F2N2O3S/c1-13(2)24(5)28(26,27)17-9-6-15(7-10-17)20(25)23(4)14(3)16-8-11-18(21)19(22)12-16/h6-14H,1-5H3. The van der Waals surface area contributed by atoms with Gasteiger partial charge in [0, 0.05) is 25.7 Å². The summed E-state index contributed by atoms with van der Waals surface area (Å²) in [5, 5.41) is 0. The average molecular weight is 410 g/mol. The number of carbonyl (C=O) groups is 1. The van der Waals surface area contributed by atoms with Gasteiger partial charge in [-0.2, -0.15) is 4.31 Å². The molecule has 0 spiro atoms. The zero-order chi connectivity index (χ0) is 21.2. The summed E-state index contributed by atoms with van der Waals surface area (Å²) in [4.78, 5) is 14.2. The van der Waals surface area contributed by atoms with Gasteiger partial charge in [0.05, 0.1) is 10.9 Å². The molecule has 5 nitrogen and oxygen atoms in total. The Hall–Kier alpha value is -2.32. The van der Waals surface area contributed by atoms with Crippen molar-refractivity contribution >= 4 is 15.9 Å². The summed E-state index contributed by atoms with van der Waals surface area (Å²) in [5.41, 5.74) is 0.746. The van der Waals surface area contributed by atoms with Crippen LogP contribution >= 0.6 is 0 Å². The fraction of sp³-hybridized carbons (Fsp3) is 0.350. The summed E-state index contributed by atoms with van der Waals surface area (Å²) in [6, 6.07) is 8.45. The van der Waals surface area contributed by atoms with Crippen LogP contribution in [0.25, 0.3) is 0 Å². The SMILES string of the molecule is CC(c1ccc(F)c(F)c1)N(C)C(=O)c1ccc(S(=O)(=O)N(C)C(C)C)cc1. The molecule has 2 aromatic carbocycles. The van der Waals surface area contributed by atoms with Crippen molar-refractivity contribution in [3.63, 3.8) is 0 Å². The first-order chi connectivity index (χ1) is 13.0. The number of rotatable bonds is 6. The Morgan fingerprint density at radius 1 is 0.929 bits per heavy atom. The minimum absolute atomic E-state index is 0.0940. The first kappa shape index (κ1) is 22.0. The number of amides is 1. The molecule has 0 radical (unpaired) electrons. The Bertz CT molecular complexity index is 960. The first-order valence-corrected chi connectivity index (χ1v) is 10.2. The topological polar surface area (TPSA) is 57.7 Å². The largest absolute Gasteiger partial charge is 0.335 e. The molecule has 0 saturated heterocycles. The van der Waals surface area contributed by atoms with E-state index in [0.717, 1.165) is 12.1 Å². The summed E-state index contributed by atoms with van der Waals surface area (Å²) in [6.07, 6.45) is 0. The predicted molar refractivity (Wildman–Crippen MR) is 103 cm³/mol. The van der Waals surface area contributed by atoms with Crippen molar-refractivity contribution in [3.05, 3.63) is 65.2 Å². The highest BCUT2D eigenvalue weighted by Crippen LogP contribution is 2.23. The van der Waals surface area contributed by atoms with E-state index in [1.807, 2.05) is 0 Å². The highest BCUT2D eigenvalue weighted by atomic mass is 32.2. The Morgan fingerprint density at radius 3 is 2.00 bits per heavy atom. The second-order valence-electron chi connectivity index (χ2n) is 6.90. The average Bonchev–Trinajstić information content (AvgIpc) is 2.67. The number of carbonyl (C=O) groups excluding carboxylic acids is 1. The molecule has 8 heteroatoms. The fourth-order valence-electron chi connectivity index (χ4n) is 2.59. The zero-order valence-corrected chi connectivity index (χ0v) is 17.3. The Morgan fingerprint density at radius 2 is 1.50 bits per heavy atom. The number of hydrogen-bond acceptors (Lipinski definition) is 3. The van der Waals surface area contributed by atoms with Crippen LogP contribution in [0.4, 0.5) is 8.78 Å². The van der Waals surface area contributed by atoms with Crippen LogP contribution in [0.1, 0.15) is 42.7 Å². The highest BCUT2D eigenvalue weighted by molar-refractivity contribution is 7.89. The lowest BCUT2D eigenvalue weighted by Gasteiger charge is -2.26. The van der Waals surface area contributed by atoms with E-state index in [2.05, 4.69) is 0 Å². The maximum Gasteiger partial charge on any atom is 0.254 e. The molecular weight excluding hydrogens is 386 g/mol. The van der Waals surface area contributed by atoms with Crippen LogP contribution in [-0.2, 0) is 10.0 Å². The van der Waals surface area contributed by atoms with E-state index in [-0.39, 0.29) is 16.8 Å². The smallest absolute Gasteiger partial charge is 0.254 e. The van der Waals surface area contributed by atoms with Gasteiger partial charge in [-0.3, -0.25) is 4.79 Å². The van der Waals surface area contributed by atoms with Crippen LogP contribution in [0, 0.1) is 11.6 Å². The molecule has 0 saturated carbocycles. The maximum absolute atomic E-state index is 13.5. The van der Waals surface area contributed by atoms with Crippen molar-refractivity contribution in [2.45, 2.75) is 37.8 Å². The summed E-state index contributed by atoms with van der Waals surface area (Å²) >= 11 is 0. The molecule has 0 aliphatic rings. The van der Waals surface area contributed by atoms with Crippen LogP contribution in [-0.4, -0.2) is 43.7 Å². The number of nitrogens with zero attached hydrogens (tertiary/aromatic N) is 2. The normalized spacial score (nSPS) is 13.0. The van der Waals surface area contributed by atoms with Crippen LogP contribution in [0.3, 0.4) is 0 Å². The molecule has 0 heterocycles. The third-order valence-electron chi connectivity index (χ3n) is 4.83. The second-order valence-corrected chi connectivity index (χ2v) is 8.90. The zero-order valence-electron chi connectivity index (χ0n) is 16.5. The predicted octanol–water partition coefficient (Wildman–Crippen LogP) is 3.83. The van der Waals surface area contributed by atoms with Crippen molar-refractivity contribution in [1.82, 2.24) is 9.21 Å². The number of hydrogen-bond donors (Lipinski definition) is 0. The molecular formula is C20H24F2N2O3S. The minimum atomic E-state index is -3.64. The number of sulfonamides is 1. The second kappa shape index (κ2) is 8.36. The lowest BCUT2D eigenvalue weighted by molar-refractivity contribution is 0.0742. The quantitative estimate of drug-likeness (QED) is 0.727. The van der Waals surface area contributed by atoms with E-state index in [1.165, 1.54) is 46.6 Å². The summed E-state index contributed by atoms with van der Waals surface area (Å²) in [7, 11) is -0.594. The van der Waals surface area contributed by atoms with E-state index < -0.39 is 27.7 Å². The van der Waals surface area contributed by atoms with Crippen molar-refractivity contribution in [3.8, 4) is 0 Å². The van der Waals surface area contributed by atoms with Crippen LogP contribution in [0.15, 0.2) is 47.4 Å². The van der Waals surface area contributed by atoms with Crippen LogP contribution in [0.5, 0.6) is 0 Å². The van der Waals surface area contributed by atoms with Crippen LogP contribution in [0.2, 0.25) is 0 Å². The lowest BCUT2D eigenvalue weighted by atomic mass is 10.1. The van der Waals surface area contributed by atoms with Gasteiger partial charge in [0.1, 0.15) is 0 Å². The molecule has 152 valence electrons. The molecule has 2 rings (SSSR count). The lowest BCUT2D eigenvalue weighted by Crippen LogP contribution is -2.33. The summed E-state index contributed by atoms with van der Waals surface area (Å²) < 4.78 is 52.8. The van der Waals surface area contributed by atoms with Gasteiger partial charge in [-0.25, -0.2) is 17.2 Å². The van der Waals surface area contributed by atoms with Gasteiger partial charge in [-0.05, 0) is 62.7 Å². The van der Waals surface area contributed by atoms with E-state index in [4.69, 9.17) is 0 Å². The molecule has 0 aliphatic heterocycles. The molecule has 0 aromatic heterocycles. The molecule has 28 heavy (non-hydrogen) atoms. The summed E-state index contributed by atoms with van der Waals surface area (Å²) in [5.74, 6) is -2.29. The van der Waals surface area contributed by atoms with Crippen molar-refractivity contribution in [2.24, 2.45) is 0 Å². The molecule has 1 amide bonds. The van der Waals surface area contributed by atoms with E-state index >= 15 is 0 Å². The summed E-state index contributed by atoms with van der Waals surface area (Å²) in [6.45, 7) is 5.23. The monoisotopic (exact) mass is 410 g/mol. The van der Waals surface area contributed by atoms with E-state index in [0.29, 0.717) is 11.1 Å². The third kappa shape index (κ3) is 4.39. The van der Waals surface area contributed by atoms with Gasteiger partial charge in [-0.1, -0.05) is 6.07 Å². The highest BCUT2D eigenvalue weighted by Gasteiger charge is 2.24. The molecule has 1 unspecified atom stereocenters. The van der Waals surface area contributed by atoms with Gasteiger partial charge in [-0.15, -0.1) is 0 Å². The number of halogens is 2. The Balaban J connectivity index is 2.23. The first-order valence-electron chi connectivity index (χ1n) is 8.77. The van der Waals surface area contributed by atoms with Gasteiger partial charge < -0.3 is 4.90 Å². The van der Waals surface area contributed by atoms with Gasteiger partial charge in [0.2, 0.25) is 10.0 Å². The van der Waals surface area contributed by atoms with Crippen molar-refractivity contribution in [1.29, 1.82) is 0 Å². The Kier molecular flexibility index (Phi) is 6.56. The molecule has 0 aliphatic carbocycles. The van der Waals surface area contributed by atoms with Gasteiger partial charge >= 0.3 is 0 Å². The van der Waals surface area contributed by atoms with Crippen LogP contribution < -0.4 is 0 Å². The maximum atomic E-state index is 13.5.